The summed E-state index contributed by atoms with van der Waals surface area (Å²) in [5.41, 5.74) is 0.0351. The number of ether oxygens (including phenoxy) is 1. The molecule has 0 spiro atoms. The lowest BCUT2D eigenvalue weighted by Crippen LogP contribution is -2.56. The highest BCUT2D eigenvalue weighted by Gasteiger charge is 2.35. The van der Waals surface area contributed by atoms with Crippen molar-refractivity contribution in [1.29, 1.82) is 0 Å². The Kier molecular flexibility index (Phi) is 10.3. The molecule has 12 nitrogen and oxygen atoms in total. The number of alkyl halides is 1. The van der Waals surface area contributed by atoms with Crippen molar-refractivity contribution in [3.63, 3.8) is 0 Å². The lowest BCUT2D eigenvalue weighted by atomic mass is 10.1. The summed E-state index contributed by atoms with van der Waals surface area (Å²) in [6.45, 7) is 1.16. The molecule has 13 heteroatoms. The van der Waals surface area contributed by atoms with E-state index >= 15 is 0 Å². The molecule has 39 heavy (non-hydrogen) atoms. The summed E-state index contributed by atoms with van der Waals surface area (Å²) in [4.78, 5) is 67.6. The first kappa shape index (κ1) is 29.0. The predicted molar refractivity (Wildman–Crippen MR) is 135 cm³/mol. The monoisotopic (exact) mass is 543 g/mol. The summed E-state index contributed by atoms with van der Waals surface area (Å²) in [6.07, 6.45) is 0.964. The number of pyridine rings is 1. The Morgan fingerprint density at radius 2 is 1.90 bits per heavy atom. The average Bonchev–Trinajstić information content (AvgIpc) is 3.38. The van der Waals surface area contributed by atoms with Crippen molar-refractivity contribution in [3.05, 3.63) is 59.9 Å². The Labute approximate surface area is 223 Å². The molecule has 1 aromatic carbocycles. The quantitative estimate of drug-likeness (QED) is 0.173. The molecule has 1 fully saturated rings. The van der Waals surface area contributed by atoms with Crippen LogP contribution in [0.15, 0.2) is 48.7 Å². The van der Waals surface area contributed by atoms with Gasteiger partial charge in [-0.15, -0.1) is 0 Å². The van der Waals surface area contributed by atoms with Crippen molar-refractivity contribution in [3.8, 4) is 5.75 Å². The summed E-state index contributed by atoms with van der Waals surface area (Å²) in [5, 5.41) is 17.2. The van der Waals surface area contributed by atoms with Crippen LogP contribution in [0.1, 0.15) is 48.3 Å². The van der Waals surface area contributed by atoms with Gasteiger partial charge in [-0.1, -0.05) is 37.3 Å². The van der Waals surface area contributed by atoms with Gasteiger partial charge in [-0.05, 0) is 37.0 Å². The number of esters is 1. The molecule has 2 unspecified atom stereocenters. The Morgan fingerprint density at radius 3 is 2.51 bits per heavy atom. The maximum Gasteiger partial charge on any atom is 0.333 e. The van der Waals surface area contributed by atoms with E-state index in [2.05, 4.69) is 20.9 Å². The molecule has 0 bridgehead atoms. The van der Waals surface area contributed by atoms with Crippen molar-refractivity contribution in [1.82, 2.24) is 25.8 Å². The zero-order chi connectivity index (χ0) is 28.4. The number of aromatic hydroxyl groups is 1. The highest BCUT2D eigenvalue weighted by atomic mass is 19.1. The molecule has 1 aromatic heterocycles. The molecular formula is C26H30FN5O7. The first-order valence-corrected chi connectivity index (χ1v) is 12.4. The van der Waals surface area contributed by atoms with Crippen molar-refractivity contribution >= 4 is 30.1 Å². The molecule has 0 saturated carbocycles. The third-order valence-electron chi connectivity index (χ3n) is 6.10. The number of carbonyl (C=O) groups is 5. The van der Waals surface area contributed by atoms with Gasteiger partial charge in [-0.25, -0.2) is 14.2 Å². The highest BCUT2D eigenvalue weighted by Crippen LogP contribution is 2.20. The maximum atomic E-state index is 14.1. The van der Waals surface area contributed by atoms with E-state index < -0.39 is 60.5 Å². The van der Waals surface area contributed by atoms with Gasteiger partial charge in [0.1, 0.15) is 24.4 Å². The summed E-state index contributed by atoms with van der Waals surface area (Å²) in [6, 6.07) is 7.01. The lowest BCUT2D eigenvalue weighted by Gasteiger charge is -2.27. The first-order valence-electron chi connectivity index (χ1n) is 12.4. The molecule has 1 aliphatic heterocycles. The van der Waals surface area contributed by atoms with Gasteiger partial charge < -0.3 is 30.7 Å². The molecule has 4 amide bonds. The van der Waals surface area contributed by atoms with Crippen LogP contribution < -0.4 is 16.0 Å². The number of benzene rings is 1. The van der Waals surface area contributed by atoms with E-state index in [0.29, 0.717) is 18.4 Å². The van der Waals surface area contributed by atoms with Gasteiger partial charge >= 0.3 is 5.97 Å². The molecule has 1 aliphatic rings. The number of hydrogen-bond acceptors (Lipinski definition) is 8. The maximum absolute atomic E-state index is 14.1. The van der Waals surface area contributed by atoms with E-state index in [0.717, 1.165) is 4.90 Å². The van der Waals surface area contributed by atoms with Crippen molar-refractivity contribution in [2.75, 3.05) is 13.2 Å². The van der Waals surface area contributed by atoms with Gasteiger partial charge in [-0.3, -0.25) is 19.2 Å². The summed E-state index contributed by atoms with van der Waals surface area (Å²) < 4.78 is 19.4. The molecule has 3 rings (SSSR count). The van der Waals surface area contributed by atoms with Crippen LogP contribution in [0.5, 0.6) is 5.75 Å². The van der Waals surface area contributed by atoms with Gasteiger partial charge in [0.25, 0.3) is 5.91 Å². The van der Waals surface area contributed by atoms with E-state index in [9.17, 15) is 33.5 Å². The van der Waals surface area contributed by atoms with Gasteiger partial charge in [0.05, 0.1) is 0 Å². The Hall–Kier alpha value is -4.55. The molecule has 4 atom stereocenters. The summed E-state index contributed by atoms with van der Waals surface area (Å²) in [7, 11) is 0. The smallest absolute Gasteiger partial charge is 0.333 e. The third kappa shape index (κ3) is 7.49. The molecule has 0 aliphatic carbocycles. The van der Waals surface area contributed by atoms with Crippen LogP contribution >= 0.6 is 0 Å². The summed E-state index contributed by atoms with van der Waals surface area (Å²) in [5.74, 6) is -3.81. The predicted octanol–water partition coefficient (Wildman–Crippen LogP) is 0.729. The standard InChI is InChI=1S/C26H30FN5O7/c1-2-17(25(37)32-13-7-11-20(32)27)30-23(35)18(31-24(36)22-19(34)10-6-12-28-22)14-39-26(38)21(29-15-33)16-8-4-3-5-9-16/h3-6,8-10,12,15,17-18,20-21,34H,2,7,11,13-14H2,1H3,(H,29,33)(H,30,35)(H,31,36)/t17?,18?,20-,21-/m0/s1. The number of amides is 4. The number of nitrogens with zero attached hydrogens (tertiary/aromatic N) is 2. The average molecular weight is 544 g/mol. The second-order valence-corrected chi connectivity index (χ2v) is 8.73. The zero-order valence-electron chi connectivity index (χ0n) is 21.2. The van der Waals surface area contributed by atoms with Crippen LogP contribution in [0.4, 0.5) is 4.39 Å². The summed E-state index contributed by atoms with van der Waals surface area (Å²) >= 11 is 0. The second-order valence-electron chi connectivity index (χ2n) is 8.73. The van der Waals surface area contributed by atoms with Crippen LogP contribution in [0.2, 0.25) is 0 Å². The minimum Gasteiger partial charge on any atom is -0.505 e. The number of halogens is 1. The van der Waals surface area contributed by atoms with Crippen molar-refractivity contribution < 1.29 is 38.2 Å². The van der Waals surface area contributed by atoms with Gasteiger partial charge in [0.15, 0.2) is 18.0 Å². The Balaban J connectivity index is 1.77. The molecule has 208 valence electrons. The van der Waals surface area contributed by atoms with Crippen molar-refractivity contribution in [2.24, 2.45) is 0 Å². The normalized spacial score (nSPS) is 16.9. The van der Waals surface area contributed by atoms with E-state index in [1.165, 1.54) is 18.3 Å². The fourth-order valence-corrected chi connectivity index (χ4v) is 4.03. The molecule has 4 N–H and O–H groups in total. The molecule has 1 saturated heterocycles. The number of likely N-dealkylation sites (tertiary alicyclic amines) is 1. The first-order chi connectivity index (χ1) is 18.8. The minimum absolute atomic E-state index is 0.134. The van der Waals surface area contributed by atoms with Crippen LogP contribution in [0.3, 0.4) is 0 Å². The van der Waals surface area contributed by atoms with Crippen LogP contribution in [0.25, 0.3) is 0 Å². The molecular weight excluding hydrogens is 513 g/mol. The number of aromatic nitrogens is 1. The third-order valence-corrected chi connectivity index (χ3v) is 6.10. The number of nitrogens with one attached hydrogen (secondary N) is 3. The van der Waals surface area contributed by atoms with E-state index in [1.54, 1.807) is 37.3 Å². The van der Waals surface area contributed by atoms with E-state index in [-0.39, 0.29) is 25.1 Å². The Bertz CT molecular complexity index is 1180. The lowest BCUT2D eigenvalue weighted by molar-refractivity contribution is -0.149. The zero-order valence-corrected chi connectivity index (χ0v) is 21.2. The molecule has 0 radical (unpaired) electrons. The fraction of sp³-hybridized carbons (Fsp3) is 0.385. The number of hydrogen-bond donors (Lipinski definition) is 4. The SMILES string of the molecule is CCC(NC(=O)C(COC(=O)[C@@H](NC=O)c1ccccc1)NC(=O)c1ncccc1O)C(=O)N1CCC[C@H]1F. The van der Waals surface area contributed by atoms with Gasteiger partial charge in [0, 0.05) is 12.7 Å². The second kappa shape index (κ2) is 13.8. The minimum atomic E-state index is -1.53. The molecule has 2 heterocycles. The van der Waals surface area contributed by atoms with Gasteiger partial charge in [0.2, 0.25) is 18.2 Å². The van der Waals surface area contributed by atoms with Crippen LogP contribution in [-0.2, 0) is 23.9 Å². The van der Waals surface area contributed by atoms with Crippen LogP contribution in [0, 0.1) is 0 Å². The fourth-order valence-electron chi connectivity index (χ4n) is 4.03. The van der Waals surface area contributed by atoms with Crippen LogP contribution in [-0.4, -0.2) is 76.6 Å². The van der Waals surface area contributed by atoms with Crippen molar-refractivity contribution in [2.45, 2.75) is 50.6 Å². The number of rotatable bonds is 12. The highest BCUT2D eigenvalue weighted by molar-refractivity contribution is 5.99. The van der Waals surface area contributed by atoms with E-state index in [1.807, 2.05) is 0 Å². The Morgan fingerprint density at radius 1 is 1.15 bits per heavy atom. The molecule has 2 aromatic rings. The topological polar surface area (TPSA) is 167 Å². The largest absolute Gasteiger partial charge is 0.505 e. The van der Waals surface area contributed by atoms with Gasteiger partial charge in [-0.2, -0.15) is 0 Å². The number of carbonyl (C=O) groups excluding carboxylic acids is 5. The van der Waals surface area contributed by atoms with E-state index in [4.69, 9.17) is 4.74 Å².